The molecular weight excluding hydrogens is 308 g/mol. The minimum atomic E-state index is 0.383. The van der Waals surface area contributed by atoms with Gasteiger partial charge in [0, 0.05) is 18.9 Å². The monoisotopic (exact) mass is 322 g/mol. The van der Waals surface area contributed by atoms with Crippen molar-refractivity contribution in [2.24, 2.45) is 0 Å². The molecule has 0 amide bonds. The normalized spacial score (nSPS) is 10.1. The molecular formula is C14H15BrN2O2. The van der Waals surface area contributed by atoms with Crippen molar-refractivity contribution in [3.05, 3.63) is 46.7 Å². The number of rotatable bonds is 5. The molecule has 0 radical (unpaired) electrons. The van der Waals surface area contributed by atoms with Crippen LogP contribution in [0.25, 0.3) is 0 Å². The van der Waals surface area contributed by atoms with Crippen molar-refractivity contribution in [1.29, 1.82) is 0 Å². The number of para-hydroxylation sites is 1. The number of nitrogens with one attached hydrogen (secondary N) is 1. The van der Waals surface area contributed by atoms with Crippen LogP contribution in [0.15, 0.2) is 41.0 Å². The first-order valence-corrected chi connectivity index (χ1v) is 6.62. The van der Waals surface area contributed by atoms with Crippen LogP contribution in [-0.4, -0.2) is 19.1 Å². The van der Waals surface area contributed by atoms with Crippen LogP contribution in [0.3, 0.4) is 0 Å². The molecule has 1 aromatic heterocycles. The lowest BCUT2D eigenvalue weighted by atomic mass is 10.3. The first kappa shape index (κ1) is 13.7. The zero-order valence-corrected chi connectivity index (χ0v) is 12.4. The highest BCUT2D eigenvalue weighted by molar-refractivity contribution is 9.10. The van der Waals surface area contributed by atoms with E-state index in [1.54, 1.807) is 13.3 Å². The van der Waals surface area contributed by atoms with Gasteiger partial charge in [-0.3, -0.25) is 4.98 Å². The third-order valence-corrected chi connectivity index (χ3v) is 3.24. The van der Waals surface area contributed by atoms with Crippen LogP contribution in [0.5, 0.6) is 11.5 Å². The first-order chi connectivity index (χ1) is 9.24. The van der Waals surface area contributed by atoms with Crippen LogP contribution in [0.1, 0.15) is 5.69 Å². The molecule has 0 fully saturated rings. The molecule has 0 aliphatic heterocycles. The Morgan fingerprint density at radius 3 is 2.89 bits per heavy atom. The van der Waals surface area contributed by atoms with Crippen molar-refractivity contribution >= 4 is 21.6 Å². The molecule has 0 spiro atoms. The summed E-state index contributed by atoms with van der Waals surface area (Å²) < 4.78 is 11.9. The second-order valence-electron chi connectivity index (χ2n) is 3.85. The third kappa shape index (κ3) is 3.38. The lowest BCUT2D eigenvalue weighted by molar-refractivity contribution is 0.279. The Hall–Kier alpha value is -1.75. The zero-order valence-electron chi connectivity index (χ0n) is 10.8. The van der Waals surface area contributed by atoms with Crippen molar-refractivity contribution in [3.8, 4) is 11.5 Å². The van der Waals surface area contributed by atoms with Crippen LogP contribution in [0, 0.1) is 0 Å². The third-order valence-electron chi connectivity index (χ3n) is 2.62. The molecule has 0 bridgehead atoms. The second kappa shape index (κ2) is 6.43. The Labute approximate surface area is 120 Å². The van der Waals surface area contributed by atoms with Crippen molar-refractivity contribution in [1.82, 2.24) is 4.98 Å². The van der Waals surface area contributed by atoms with E-state index in [4.69, 9.17) is 9.47 Å². The van der Waals surface area contributed by atoms with Crippen LogP contribution in [0.2, 0.25) is 0 Å². The molecule has 1 heterocycles. The molecule has 0 unspecified atom stereocenters. The topological polar surface area (TPSA) is 43.4 Å². The SMILES string of the molecule is CNc1ccnc(COc2c(Br)cccc2OC)c1. The summed E-state index contributed by atoms with van der Waals surface area (Å²) in [5, 5.41) is 3.07. The van der Waals surface area contributed by atoms with E-state index >= 15 is 0 Å². The molecule has 0 saturated carbocycles. The van der Waals surface area contributed by atoms with Crippen LogP contribution >= 0.6 is 15.9 Å². The lowest BCUT2D eigenvalue weighted by Gasteiger charge is -2.12. The maximum Gasteiger partial charge on any atom is 0.175 e. The maximum atomic E-state index is 5.78. The van der Waals surface area contributed by atoms with E-state index < -0.39 is 0 Å². The quantitative estimate of drug-likeness (QED) is 0.915. The van der Waals surface area contributed by atoms with Gasteiger partial charge in [0.1, 0.15) is 6.61 Å². The Morgan fingerprint density at radius 2 is 2.16 bits per heavy atom. The van der Waals surface area contributed by atoms with E-state index in [0.29, 0.717) is 18.1 Å². The van der Waals surface area contributed by atoms with Gasteiger partial charge in [0.05, 0.1) is 17.3 Å². The summed E-state index contributed by atoms with van der Waals surface area (Å²) in [4.78, 5) is 4.27. The van der Waals surface area contributed by atoms with Gasteiger partial charge < -0.3 is 14.8 Å². The molecule has 19 heavy (non-hydrogen) atoms. The fourth-order valence-electron chi connectivity index (χ4n) is 1.65. The summed E-state index contributed by atoms with van der Waals surface area (Å²) in [6.07, 6.45) is 1.75. The summed E-state index contributed by atoms with van der Waals surface area (Å²) in [6, 6.07) is 9.52. The number of nitrogens with zero attached hydrogens (tertiary/aromatic N) is 1. The fraction of sp³-hybridized carbons (Fsp3) is 0.214. The summed E-state index contributed by atoms with van der Waals surface area (Å²) in [5.74, 6) is 1.38. The molecule has 0 saturated heterocycles. The minimum absolute atomic E-state index is 0.383. The van der Waals surface area contributed by atoms with E-state index in [1.807, 2.05) is 37.4 Å². The molecule has 0 aliphatic carbocycles. The van der Waals surface area contributed by atoms with Gasteiger partial charge in [0.25, 0.3) is 0 Å². The van der Waals surface area contributed by atoms with Crippen LogP contribution in [0.4, 0.5) is 5.69 Å². The van der Waals surface area contributed by atoms with E-state index in [-0.39, 0.29) is 0 Å². The summed E-state index contributed by atoms with van der Waals surface area (Å²) in [7, 11) is 3.49. The number of pyridine rings is 1. The van der Waals surface area contributed by atoms with Crippen molar-refractivity contribution in [2.45, 2.75) is 6.61 Å². The standard InChI is InChI=1S/C14H15BrN2O2/c1-16-10-6-7-17-11(8-10)9-19-14-12(15)4-3-5-13(14)18-2/h3-8H,9H2,1-2H3,(H,16,17). The summed E-state index contributed by atoms with van der Waals surface area (Å²) in [5.41, 5.74) is 1.86. The predicted molar refractivity (Wildman–Crippen MR) is 78.8 cm³/mol. The fourth-order valence-corrected chi connectivity index (χ4v) is 2.11. The van der Waals surface area contributed by atoms with E-state index in [2.05, 4.69) is 26.2 Å². The highest BCUT2D eigenvalue weighted by Crippen LogP contribution is 2.35. The van der Waals surface area contributed by atoms with E-state index in [0.717, 1.165) is 15.9 Å². The molecule has 5 heteroatoms. The van der Waals surface area contributed by atoms with Crippen molar-refractivity contribution in [2.75, 3.05) is 19.5 Å². The number of aromatic nitrogens is 1. The number of hydrogen-bond donors (Lipinski definition) is 1. The van der Waals surface area contributed by atoms with Gasteiger partial charge in [0.15, 0.2) is 11.5 Å². The second-order valence-corrected chi connectivity index (χ2v) is 4.70. The number of methoxy groups -OCH3 is 1. The highest BCUT2D eigenvalue weighted by atomic mass is 79.9. The van der Waals surface area contributed by atoms with E-state index in [9.17, 15) is 0 Å². The Kier molecular flexibility index (Phi) is 4.63. The van der Waals surface area contributed by atoms with Crippen molar-refractivity contribution in [3.63, 3.8) is 0 Å². The van der Waals surface area contributed by atoms with Gasteiger partial charge in [-0.05, 0) is 40.2 Å². The van der Waals surface area contributed by atoms with Gasteiger partial charge in [-0.2, -0.15) is 0 Å². The molecule has 1 aromatic carbocycles. The Balaban J connectivity index is 2.14. The predicted octanol–water partition coefficient (Wildman–Crippen LogP) is 3.47. The first-order valence-electron chi connectivity index (χ1n) is 5.82. The van der Waals surface area contributed by atoms with Crippen LogP contribution in [-0.2, 0) is 6.61 Å². The maximum absolute atomic E-state index is 5.78. The number of ether oxygens (including phenoxy) is 2. The molecule has 0 aliphatic rings. The number of benzene rings is 1. The average molecular weight is 323 g/mol. The van der Waals surface area contributed by atoms with Crippen molar-refractivity contribution < 1.29 is 9.47 Å². The zero-order chi connectivity index (χ0) is 13.7. The molecule has 4 nitrogen and oxygen atoms in total. The summed E-state index contributed by atoms with van der Waals surface area (Å²) in [6.45, 7) is 0.383. The van der Waals surface area contributed by atoms with Gasteiger partial charge in [-0.25, -0.2) is 0 Å². The van der Waals surface area contributed by atoms with Gasteiger partial charge in [-0.1, -0.05) is 6.07 Å². The Bertz CT molecular complexity index is 561. The molecule has 0 atom stereocenters. The average Bonchev–Trinajstić information content (AvgIpc) is 2.46. The Morgan fingerprint density at radius 1 is 1.32 bits per heavy atom. The summed E-state index contributed by atoms with van der Waals surface area (Å²) >= 11 is 3.45. The number of halogens is 1. The van der Waals surface area contributed by atoms with E-state index in [1.165, 1.54) is 0 Å². The number of hydrogen-bond acceptors (Lipinski definition) is 4. The minimum Gasteiger partial charge on any atom is -0.493 e. The largest absolute Gasteiger partial charge is 0.493 e. The number of anilines is 1. The molecule has 2 rings (SSSR count). The molecule has 2 aromatic rings. The smallest absolute Gasteiger partial charge is 0.175 e. The molecule has 1 N–H and O–H groups in total. The lowest BCUT2D eigenvalue weighted by Crippen LogP contribution is -2.01. The van der Waals surface area contributed by atoms with Crippen LogP contribution < -0.4 is 14.8 Å². The highest BCUT2D eigenvalue weighted by Gasteiger charge is 2.09. The van der Waals surface area contributed by atoms with Gasteiger partial charge in [0.2, 0.25) is 0 Å². The van der Waals surface area contributed by atoms with Gasteiger partial charge in [-0.15, -0.1) is 0 Å². The van der Waals surface area contributed by atoms with Gasteiger partial charge >= 0.3 is 0 Å². The molecule has 100 valence electrons.